The van der Waals surface area contributed by atoms with E-state index in [0.29, 0.717) is 6.04 Å². The third-order valence-corrected chi connectivity index (χ3v) is 4.62. The molecule has 116 valence electrons. The second-order valence-electron chi connectivity index (χ2n) is 6.34. The smallest absolute Gasteiger partial charge is 0.205 e. The number of aromatic amines is 1. The van der Waals surface area contributed by atoms with Crippen LogP contribution in [-0.4, -0.2) is 32.5 Å². The Kier molecular flexibility index (Phi) is 2.76. The van der Waals surface area contributed by atoms with Gasteiger partial charge in [-0.3, -0.25) is 0 Å². The van der Waals surface area contributed by atoms with Crippen LogP contribution in [0.25, 0.3) is 11.2 Å². The van der Waals surface area contributed by atoms with Gasteiger partial charge in [0, 0.05) is 19.1 Å². The standard InChI is InChI=1S/C17H18N6/c1-2-4-12-9-23(8-7-11(12)3-1)17-21-14-15(20-13-5-6-13)18-10-19-16(14)22-17/h1-4,10,13H,5-9H2,(H2,18,19,20,21,22). The first-order valence-electron chi connectivity index (χ1n) is 8.16. The highest BCUT2D eigenvalue weighted by molar-refractivity contribution is 5.84. The molecule has 23 heavy (non-hydrogen) atoms. The van der Waals surface area contributed by atoms with Gasteiger partial charge in [0.25, 0.3) is 0 Å². The van der Waals surface area contributed by atoms with Crippen molar-refractivity contribution in [1.82, 2.24) is 19.9 Å². The first-order valence-corrected chi connectivity index (χ1v) is 8.16. The van der Waals surface area contributed by atoms with Crippen LogP contribution in [0.15, 0.2) is 30.6 Å². The highest BCUT2D eigenvalue weighted by Gasteiger charge is 2.24. The zero-order valence-electron chi connectivity index (χ0n) is 12.8. The predicted molar refractivity (Wildman–Crippen MR) is 89.5 cm³/mol. The molecule has 0 atom stereocenters. The number of rotatable bonds is 3. The Balaban J connectivity index is 1.49. The Morgan fingerprint density at radius 3 is 2.87 bits per heavy atom. The lowest BCUT2D eigenvalue weighted by molar-refractivity contribution is 0.714. The van der Waals surface area contributed by atoms with Gasteiger partial charge in [-0.05, 0) is 30.4 Å². The van der Waals surface area contributed by atoms with Crippen molar-refractivity contribution in [2.24, 2.45) is 0 Å². The van der Waals surface area contributed by atoms with Gasteiger partial charge in [0.1, 0.15) is 11.8 Å². The Morgan fingerprint density at radius 2 is 2.00 bits per heavy atom. The van der Waals surface area contributed by atoms with Crippen molar-refractivity contribution < 1.29 is 0 Å². The molecule has 3 heterocycles. The SMILES string of the molecule is c1ccc2c(c1)CCN(c1nc3ncnc(NC4CC4)c3[nH]1)C2. The Morgan fingerprint density at radius 1 is 1.13 bits per heavy atom. The van der Waals surface area contributed by atoms with E-state index in [1.165, 1.54) is 24.0 Å². The van der Waals surface area contributed by atoms with Crippen molar-refractivity contribution in [2.75, 3.05) is 16.8 Å². The van der Waals surface area contributed by atoms with Gasteiger partial charge < -0.3 is 15.2 Å². The van der Waals surface area contributed by atoms with Crippen LogP contribution in [0.4, 0.5) is 11.8 Å². The minimum absolute atomic E-state index is 0.557. The van der Waals surface area contributed by atoms with Crippen LogP contribution in [0.5, 0.6) is 0 Å². The molecule has 2 N–H and O–H groups in total. The van der Waals surface area contributed by atoms with Crippen LogP contribution >= 0.6 is 0 Å². The van der Waals surface area contributed by atoms with Crippen molar-refractivity contribution in [3.05, 3.63) is 41.7 Å². The molecule has 0 radical (unpaired) electrons. The lowest BCUT2D eigenvalue weighted by Gasteiger charge is -2.28. The van der Waals surface area contributed by atoms with Crippen molar-refractivity contribution >= 4 is 22.9 Å². The van der Waals surface area contributed by atoms with Gasteiger partial charge in [-0.25, -0.2) is 9.97 Å². The number of fused-ring (bicyclic) bond motifs is 2. The number of hydrogen-bond donors (Lipinski definition) is 2. The second kappa shape index (κ2) is 4.94. The van der Waals surface area contributed by atoms with Gasteiger partial charge in [-0.2, -0.15) is 4.98 Å². The number of benzene rings is 1. The molecule has 3 aromatic rings. The largest absolute Gasteiger partial charge is 0.365 e. The fraction of sp³-hybridized carbons (Fsp3) is 0.353. The lowest BCUT2D eigenvalue weighted by Crippen LogP contribution is -2.31. The first kappa shape index (κ1) is 12.9. The first-order chi connectivity index (χ1) is 11.4. The van der Waals surface area contributed by atoms with Gasteiger partial charge in [0.05, 0.1) is 0 Å². The molecule has 0 amide bonds. The molecule has 2 aromatic heterocycles. The molecule has 1 aromatic carbocycles. The average molecular weight is 306 g/mol. The molecule has 2 aliphatic rings. The highest BCUT2D eigenvalue weighted by atomic mass is 15.3. The fourth-order valence-electron chi connectivity index (χ4n) is 3.17. The third kappa shape index (κ3) is 2.30. The van der Waals surface area contributed by atoms with Crippen molar-refractivity contribution in [1.29, 1.82) is 0 Å². The molecule has 1 fully saturated rings. The normalized spacial score (nSPS) is 17.3. The lowest BCUT2D eigenvalue weighted by atomic mass is 10.0. The molecule has 6 nitrogen and oxygen atoms in total. The van der Waals surface area contributed by atoms with E-state index in [1.807, 2.05) is 0 Å². The maximum Gasteiger partial charge on any atom is 0.205 e. The summed E-state index contributed by atoms with van der Waals surface area (Å²) in [5.74, 6) is 1.75. The van der Waals surface area contributed by atoms with E-state index in [9.17, 15) is 0 Å². The molecule has 0 saturated heterocycles. The van der Waals surface area contributed by atoms with Gasteiger partial charge in [0.15, 0.2) is 11.5 Å². The molecular weight excluding hydrogens is 288 g/mol. The van der Waals surface area contributed by atoms with Crippen LogP contribution in [0.1, 0.15) is 24.0 Å². The van der Waals surface area contributed by atoms with Crippen LogP contribution in [0.3, 0.4) is 0 Å². The zero-order chi connectivity index (χ0) is 15.2. The number of anilines is 2. The van der Waals surface area contributed by atoms with E-state index in [2.05, 4.69) is 54.4 Å². The Labute approximate surface area is 134 Å². The summed E-state index contributed by atoms with van der Waals surface area (Å²) in [6.45, 7) is 1.85. The third-order valence-electron chi connectivity index (χ3n) is 4.62. The number of nitrogens with one attached hydrogen (secondary N) is 2. The molecule has 1 aliphatic carbocycles. The summed E-state index contributed by atoms with van der Waals surface area (Å²) >= 11 is 0. The number of aromatic nitrogens is 4. The van der Waals surface area contributed by atoms with Crippen LogP contribution < -0.4 is 10.2 Å². The molecule has 1 aliphatic heterocycles. The molecule has 0 bridgehead atoms. The summed E-state index contributed by atoms with van der Waals surface area (Å²) in [5, 5.41) is 3.45. The van der Waals surface area contributed by atoms with E-state index in [1.54, 1.807) is 6.33 Å². The van der Waals surface area contributed by atoms with E-state index in [4.69, 9.17) is 0 Å². The number of imidazole rings is 1. The average Bonchev–Trinajstić information content (AvgIpc) is 3.29. The summed E-state index contributed by atoms with van der Waals surface area (Å²) in [6, 6.07) is 9.19. The number of H-pyrrole nitrogens is 1. The van der Waals surface area contributed by atoms with Crippen molar-refractivity contribution in [3.63, 3.8) is 0 Å². The summed E-state index contributed by atoms with van der Waals surface area (Å²) in [7, 11) is 0. The molecule has 0 unspecified atom stereocenters. The van der Waals surface area contributed by atoms with Crippen molar-refractivity contribution in [3.8, 4) is 0 Å². The Bertz CT molecular complexity index is 866. The maximum atomic E-state index is 4.68. The summed E-state index contributed by atoms with van der Waals surface area (Å²) in [4.78, 5) is 19.1. The molecule has 5 rings (SSSR count). The molecule has 1 saturated carbocycles. The minimum Gasteiger partial charge on any atom is -0.365 e. The van der Waals surface area contributed by atoms with Gasteiger partial charge >= 0.3 is 0 Å². The number of hydrogen-bond acceptors (Lipinski definition) is 5. The van der Waals surface area contributed by atoms with E-state index < -0.39 is 0 Å². The van der Waals surface area contributed by atoms with Crippen LogP contribution in [0.2, 0.25) is 0 Å². The predicted octanol–water partition coefficient (Wildman–Crippen LogP) is 2.49. The van der Waals surface area contributed by atoms with Gasteiger partial charge in [-0.1, -0.05) is 24.3 Å². The maximum absolute atomic E-state index is 4.68. The van der Waals surface area contributed by atoms with Crippen LogP contribution in [0, 0.1) is 0 Å². The monoisotopic (exact) mass is 306 g/mol. The zero-order valence-corrected chi connectivity index (χ0v) is 12.8. The topological polar surface area (TPSA) is 69.7 Å². The summed E-state index contributed by atoms with van der Waals surface area (Å²) in [5.41, 5.74) is 4.46. The quantitative estimate of drug-likeness (QED) is 0.778. The van der Waals surface area contributed by atoms with Gasteiger partial charge in [0.2, 0.25) is 5.95 Å². The van der Waals surface area contributed by atoms with E-state index >= 15 is 0 Å². The highest BCUT2D eigenvalue weighted by Crippen LogP contribution is 2.29. The van der Waals surface area contributed by atoms with E-state index in [0.717, 1.165) is 42.4 Å². The fourth-order valence-corrected chi connectivity index (χ4v) is 3.17. The van der Waals surface area contributed by atoms with E-state index in [-0.39, 0.29) is 0 Å². The van der Waals surface area contributed by atoms with Crippen LogP contribution in [-0.2, 0) is 13.0 Å². The second-order valence-corrected chi connectivity index (χ2v) is 6.34. The Hall–Kier alpha value is -2.63. The van der Waals surface area contributed by atoms with Gasteiger partial charge in [-0.15, -0.1) is 0 Å². The minimum atomic E-state index is 0.557. The molecular formula is C17H18N6. The summed E-state index contributed by atoms with van der Waals surface area (Å²) in [6.07, 6.45) is 5.07. The molecule has 6 heteroatoms. The number of nitrogens with zero attached hydrogens (tertiary/aromatic N) is 4. The molecule has 0 spiro atoms. The van der Waals surface area contributed by atoms with Crippen molar-refractivity contribution in [2.45, 2.75) is 31.8 Å². The summed E-state index contributed by atoms with van der Waals surface area (Å²) < 4.78 is 0.